The molecule has 3 heteroatoms. The van der Waals surface area contributed by atoms with Crippen molar-refractivity contribution in [2.45, 2.75) is 20.3 Å². The Hall–Kier alpha value is -0.830. The fraction of sp³-hybridized carbons (Fsp3) is 0.667. The first-order chi connectivity index (χ1) is 5.66. The molecule has 0 aromatic carbocycles. The number of carbonyl (C=O) groups is 1. The summed E-state index contributed by atoms with van der Waals surface area (Å²) in [7, 11) is 0. The van der Waals surface area contributed by atoms with Gasteiger partial charge in [0.2, 0.25) is 5.91 Å². The second-order valence-electron chi connectivity index (χ2n) is 2.76. The van der Waals surface area contributed by atoms with Gasteiger partial charge in [-0.15, -0.1) is 0 Å². The molecule has 0 spiro atoms. The quantitative estimate of drug-likeness (QED) is 0.454. The molecular formula is C9H18N2O. The average molecular weight is 170 g/mol. The summed E-state index contributed by atoms with van der Waals surface area (Å²) < 4.78 is 0. The predicted octanol–water partition coefficient (Wildman–Crippen LogP) is 0.678. The van der Waals surface area contributed by atoms with E-state index in [0.29, 0.717) is 6.54 Å². The van der Waals surface area contributed by atoms with Crippen molar-refractivity contribution in [3.05, 3.63) is 12.2 Å². The van der Waals surface area contributed by atoms with Crippen LogP contribution in [0.3, 0.4) is 0 Å². The third-order valence-electron chi connectivity index (χ3n) is 1.55. The summed E-state index contributed by atoms with van der Waals surface area (Å²) in [6.45, 7) is 9.79. The number of carbonyl (C=O) groups excluding carboxylic acids is 1. The summed E-state index contributed by atoms with van der Waals surface area (Å²) >= 11 is 0. The highest BCUT2D eigenvalue weighted by Crippen LogP contribution is 1.91. The minimum atomic E-state index is 0.0196. The van der Waals surface area contributed by atoms with E-state index in [1.807, 2.05) is 0 Å². The summed E-state index contributed by atoms with van der Waals surface area (Å²) in [6, 6.07) is 0. The lowest BCUT2D eigenvalue weighted by Gasteiger charge is -2.05. The van der Waals surface area contributed by atoms with Crippen molar-refractivity contribution in [1.82, 2.24) is 10.6 Å². The molecule has 0 unspecified atom stereocenters. The Morgan fingerprint density at radius 2 is 2.08 bits per heavy atom. The molecule has 12 heavy (non-hydrogen) atoms. The number of amides is 1. The van der Waals surface area contributed by atoms with Gasteiger partial charge in [0.15, 0.2) is 0 Å². The van der Waals surface area contributed by atoms with Crippen LogP contribution in [0.15, 0.2) is 12.2 Å². The number of hydrogen-bond donors (Lipinski definition) is 2. The first-order valence-corrected chi connectivity index (χ1v) is 4.28. The van der Waals surface area contributed by atoms with Crippen molar-refractivity contribution in [2.24, 2.45) is 0 Å². The van der Waals surface area contributed by atoms with Gasteiger partial charge in [-0.05, 0) is 6.42 Å². The Bertz CT molecular complexity index is 155. The molecule has 0 heterocycles. The van der Waals surface area contributed by atoms with Gasteiger partial charge in [-0.2, -0.15) is 0 Å². The van der Waals surface area contributed by atoms with Crippen LogP contribution in [0, 0.1) is 0 Å². The average Bonchev–Trinajstić information content (AvgIpc) is 2.03. The lowest BCUT2D eigenvalue weighted by atomic mass is 10.2. The van der Waals surface area contributed by atoms with E-state index >= 15 is 0 Å². The molecule has 0 atom stereocenters. The molecule has 0 aliphatic carbocycles. The zero-order valence-electron chi connectivity index (χ0n) is 7.94. The molecule has 0 fully saturated rings. The monoisotopic (exact) mass is 170 g/mol. The lowest BCUT2D eigenvalue weighted by molar-refractivity contribution is -0.118. The predicted molar refractivity (Wildman–Crippen MR) is 51.0 cm³/mol. The van der Waals surface area contributed by atoms with Crippen LogP contribution in [-0.2, 0) is 4.79 Å². The second-order valence-corrected chi connectivity index (χ2v) is 2.76. The van der Waals surface area contributed by atoms with Crippen molar-refractivity contribution < 1.29 is 4.79 Å². The molecule has 0 aliphatic rings. The third kappa shape index (κ3) is 7.28. The van der Waals surface area contributed by atoms with Crippen LogP contribution in [0.4, 0.5) is 0 Å². The Morgan fingerprint density at radius 1 is 1.42 bits per heavy atom. The van der Waals surface area contributed by atoms with Gasteiger partial charge < -0.3 is 10.6 Å². The van der Waals surface area contributed by atoms with E-state index in [2.05, 4.69) is 24.1 Å². The number of rotatable bonds is 6. The largest absolute Gasteiger partial charge is 0.355 e. The van der Waals surface area contributed by atoms with Crippen molar-refractivity contribution in [3.63, 3.8) is 0 Å². The summed E-state index contributed by atoms with van der Waals surface area (Å²) in [5, 5.41) is 5.88. The van der Waals surface area contributed by atoms with Gasteiger partial charge in [-0.3, -0.25) is 4.79 Å². The molecule has 0 saturated carbocycles. The summed E-state index contributed by atoms with van der Waals surface area (Å²) in [6.07, 6.45) is 1.01. The van der Waals surface area contributed by atoms with E-state index in [0.717, 1.165) is 19.5 Å². The molecule has 70 valence electrons. The van der Waals surface area contributed by atoms with E-state index in [1.54, 1.807) is 0 Å². The van der Waals surface area contributed by atoms with Crippen molar-refractivity contribution in [3.8, 4) is 0 Å². The Morgan fingerprint density at radius 3 is 2.58 bits per heavy atom. The first-order valence-electron chi connectivity index (χ1n) is 4.28. The van der Waals surface area contributed by atoms with E-state index < -0.39 is 0 Å². The Labute approximate surface area is 74.2 Å². The van der Waals surface area contributed by atoms with Gasteiger partial charge in [0.25, 0.3) is 0 Å². The van der Waals surface area contributed by atoms with Gasteiger partial charge >= 0.3 is 0 Å². The summed E-state index contributed by atoms with van der Waals surface area (Å²) in [4.78, 5) is 10.4. The van der Waals surface area contributed by atoms with Gasteiger partial charge in [0.05, 0.1) is 0 Å². The summed E-state index contributed by atoms with van der Waals surface area (Å²) in [5.41, 5.74) is 1.19. The molecule has 1 amide bonds. The molecule has 0 bridgehead atoms. The Balaban J connectivity index is 3.11. The first kappa shape index (κ1) is 11.2. The maximum atomic E-state index is 10.4. The molecule has 0 aromatic rings. The lowest BCUT2D eigenvalue weighted by Crippen LogP contribution is -2.30. The standard InChI is InChI=1S/C9H18N2O/c1-4-8(2)7-10-5-6-11-9(3)12/h10H,2,4-7H2,1,3H3,(H,11,12). The molecular weight excluding hydrogens is 152 g/mol. The van der Waals surface area contributed by atoms with E-state index in [9.17, 15) is 4.79 Å². The van der Waals surface area contributed by atoms with Crippen molar-refractivity contribution in [1.29, 1.82) is 0 Å². The zero-order chi connectivity index (χ0) is 9.40. The normalized spacial score (nSPS) is 9.50. The van der Waals surface area contributed by atoms with Crippen molar-refractivity contribution >= 4 is 5.91 Å². The van der Waals surface area contributed by atoms with E-state index in [-0.39, 0.29) is 5.91 Å². The van der Waals surface area contributed by atoms with Gasteiger partial charge in [0, 0.05) is 26.6 Å². The highest BCUT2D eigenvalue weighted by atomic mass is 16.1. The maximum Gasteiger partial charge on any atom is 0.216 e. The van der Waals surface area contributed by atoms with Crippen LogP contribution < -0.4 is 10.6 Å². The van der Waals surface area contributed by atoms with E-state index in [1.165, 1.54) is 12.5 Å². The topological polar surface area (TPSA) is 41.1 Å². The zero-order valence-corrected chi connectivity index (χ0v) is 7.94. The molecule has 0 rings (SSSR count). The smallest absolute Gasteiger partial charge is 0.216 e. The van der Waals surface area contributed by atoms with Crippen LogP contribution in [0.1, 0.15) is 20.3 Å². The maximum absolute atomic E-state index is 10.4. The highest BCUT2D eigenvalue weighted by Gasteiger charge is 1.91. The van der Waals surface area contributed by atoms with Gasteiger partial charge in [-0.25, -0.2) is 0 Å². The van der Waals surface area contributed by atoms with E-state index in [4.69, 9.17) is 0 Å². The van der Waals surface area contributed by atoms with Crippen LogP contribution in [-0.4, -0.2) is 25.5 Å². The van der Waals surface area contributed by atoms with Crippen LogP contribution in [0.2, 0.25) is 0 Å². The van der Waals surface area contributed by atoms with Gasteiger partial charge in [0.1, 0.15) is 0 Å². The van der Waals surface area contributed by atoms with Crippen LogP contribution in [0.5, 0.6) is 0 Å². The third-order valence-corrected chi connectivity index (χ3v) is 1.55. The van der Waals surface area contributed by atoms with Crippen LogP contribution >= 0.6 is 0 Å². The molecule has 2 N–H and O–H groups in total. The molecule has 0 radical (unpaired) electrons. The molecule has 0 aliphatic heterocycles. The molecule has 0 aromatic heterocycles. The van der Waals surface area contributed by atoms with Crippen molar-refractivity contribution in [2.75, 3.05) is 19.6 Å². The molecule has 0 saturated heterocycles. The molecule has 3 nitrogen and oxygen atoms in total. The number of hydrogen-bond acceptors (Lipinski definition) is 2. The minimum absolute atomic E-state index is 0.0196. The second kappa shape index (κ2) is 6.85. The van der Waals surface area contributed by atoms with Gasteiger partial charge in [-0.1, -0.05) is 19.1 Å². The highest BCUT2D eigenvalue weighted by molar-refractivity contribution is 5.72. The fourth-order valence-corrected chi connectivity index (χ4v) is 0.717. The fourth-order valence-electron chi connectivity index (χ4n) is 0.717. The summed E-state index contributed by atoms with van der Waals surface area (Å²) in [5.74, 6) is 0.0196. The SMILES string of the molecule is C=C(CC)CNCCNC(C)=O. The Kier molecular flexibility index (Phi) is 6.38. The number of nitrogens with one attached hydrogen (secondary N) is 2. The minimum Gasteiger partial charge on any atom is -0.355 e. The van der Waals surface area contributed by atoms with Crippen LogP contribution in [0.25, 0.3) is 0 Å².